The van der Waals surface area contributed by atoms with Crippen LogP contribution in [-0.2, 0) is 9.59 Å². The number of hydrogen-bond donors (Lipinski definition) is 3. The van der Waals surface area contributed by atoms with Crippen LogP contribution in [0.2, 0.25) is 0 Å². The molecular formula is C19H23NO6. The van der Waals surface area contributed by atoms with Crippen LogP contribution in [0, 0.1) is 12.8 Å². The molecule has 0 saturated heterocycles. The molecule has 2 unspecified atom stereocenters. The van der Waals surface area contributed by atoms with Gasteiger partial charge in [0.15, 0.2) is 0 Å². The number of phenols is 1. The number of carbonyl (C=O) groups excluding carboxylic acids is 1. The van der Waals surface area contributed by atoms with E-state index in [-0.39, 0.29) is 36.4 Å². The van der Waals surface area contributed by atoms with E-state index < -0.39 is 23.6 Å². The molecule has 0 bridgehead atoms. The van der Waals surface area contributed by atoms with Crippen molar-refractivity contribution in [3.8, 4) is 5.75 Å². The lowest BCUT2D eigenvalue weighted by Gasteiger charge is -2.18. The van der Waals surface area contributed by atoms with Crippen LogP contribution in [0.3, 0.4) is 0 Å². The van der Waals surface area contributed by atoms with Crippen molar-refractivity contribution in [2.24, 2.45) is 11.7 Å². The molecular weight excluding hydrogens is 338 g/mol. The predicted octanol–water partition coefficient (Wildman–Crippen LogP) is 2.66. The van der Waals surface area contributed by atoms with Crippen molar-refractivity contribution in [2.75, 3.05) is 0 Å². The third-order valence-corrected chi connectivity index (χ3v) is 4.62. The van der Waals surface area contributed by atoms with E-state index in [0.717, 1.165) is 0 Å². The Balaban J connectivity index is 2.27. The quantitative estimate of drug-likeness (QED) is 0.616. The van der Waals surface area contributed by atoms with Crippen molar-refractivity contribution in [1.82, 2.24) is 0 Å². The summed E-state index contributed by atoms with van der Waals surface area (Å²) in [7, 11) is 0. The smallest absolute Gasteiger partial charge is 0.341 e. The number of nitrogens with two attached hydrogens (primary N) is 1. The lowest BCUT2D eigenvalue weighted by molar-refractivity contribution is -0.140. The Bertz CT molecular complexity index is 885. The monoisotopic (exact) mass is 361 g/mol. The van der Waals surface area contributed by atoms with Gasteiger partial charge >= 0.3 is 11.6 Å². The van der Waals surface area contributed by atoms with Crippen molar-refractivity contribution >= 4 is 22.7 Å². The minimum atomic E-state index is -1.04. The summed E-state index contributed by atoms with van der Waals surface area (Å²) in [5.41, 5.74) is 6.81. The van der Waals surface area contributed by atoms with Crippen LogP contribution in [-0.4, -0.2) is 22.0 Å². The zero-order chi connectivity index (χ0) is 19.4. The molecule has 0 aliphatic heterocycles. The first-order chi connectivity index (χ1) is 12.2. The van der Waals surface area contributed by atoms with Gasteiger partial charge in [-0.05, 0) is 37.5 Å². The van der Waals surface area contributed by atoms with Gasteiger partial charge in [0.1, 0.15) is 17.1 Å². The summed E-state index contributed by atoms with van der Waals surface area (Å²) in [6, 6.07) is 3.83. The number of Topliss-reactive ketones (excluding diaryl/α,β-unsaturated/α-hetero) is 1. The highest BCUT2D eigenvalue weighted by atomic mass is 16.4. The second-order valence-corrected chi connectivity index (χ2v) is 6.41. The molecule has 0 radical (unpaired) electrons. The van der Waals surface area contributed by atoms with Crippen LogP contribution in [0.1, 0.15) is 49.8 Å². The summed E-state index contributed by atoms with van der Waals surface area (Å²) in [5.74, 6) is -1.79. The lowest BCUT2D eigenvalue weighted by atomic mass is 9.89. The molecule has 2 atom stereocenters. The molecule has 0 aliphatic rings. The number of carbonyl (C=O) groups is 2. The maximum absolute atomic E-state index is 12.3. The number of ketones is 1. The van der Waals surface area contributed by atoms with Gasteiger partial charge in [0.2, 0.25) is 0 Å². The van der Waals surface area contributed by atoms with E-state index in [4.69, 9.17) is 15.3 Å². The van der Waals surface area contributed by atoms with Gasteiger partial charge in [0.05, 0.1) is 12.0 Å². The molecule has 0 fully saturated rings. The van der Waals surface area contributed by atoms with Gasteiger partial charge in [-0.25, -0.2) is 4.79 Å². The first-order valence-corrected chi connectivity index (χ1v) is 8.51. The molecule has 2 rings (SSSR count). The van der Waals surface area contributed by atoms with E-state index >= 15 is 0 Å². The highest BCUT2D eigenvalue weighted by Crippen LogP contribution is 2.28. The van der Waals surface area contributed by atoms with Gasteiger partial charge in [-0.2, -0.15) is 0 Å². The van der Waals surface area contributed by atoms with E-state index in [9.17, 15) is 19.5 Å². The topological polar surface area (TPSA) is 131 Å². The highest BCUT2D eigenvalue weighted by Gasteiger charge is 2.24. The van der Waals surface area contributed by atoms with Crippen LogP contribution >= 0.6 is 0 Å². The first-order valence-electron chi connectivity index (χ1n) is 8.51. The molecule has 4 N–H and O–H groups in total. The second-order valence-electron chi connectivity index (χ2n) is 6.41. The fourth-order valence-electron chi connectivity index (χ4n) is 3.19. The Morgan fingerprint density at radius 3 is 2.58 bits per heavy atom. The molecule has 7 nitrogen and oxygen atoms in total. The van der Waals surface area contributed by atoms with Crippen LogP contribution < -0.4 is 11.4 Å². The molecule has 0 aliphatic carbocycles. The fourth-order valence-corrected chi connectivity index (χ4v) is 3.19. The van der Waals surface area contributed by atoms with Gasteiger partial charge in [-0.3, -0.25) is 9.59 Å². The van der Waals surface area contributed by atoms with Gasteiger partial charge in [-0.15, -0.1) is 0 Å². The van der Waals surface area contributed by atoms with Crippen molar-refractivity contribution in [2.45, 2.75) is 45.6 Å². The maximum atomic E-state index is 12.3. The van der Waals surface area contributed by atoms with Gasteiger partial charge < -0.3 is 20.4 Å². The van der Waals surface area contributed by atoms with E-state index in [1.165, 1.54) is 12.1 Å². The molecule has 1 heterocycles. The molecule has 0 saturated carbocycles. The van der Waals surface area contributed by atoms with E-state index in [2.05, 4.69) is 0 Å². The van der Waals surface area contributed by atoms with Crippen LogP contribution in [0.4, 0.5) is 0 Å². The van der Waals surface area contributed by atoms with Crippen LogP contribution in [0.25, 0.3) is 11.0 Å². The first kappa shape index (κ1) is 19.7. The zero-order valence-corrected chi connectivity index (χ0v) is 14.8. The van der Waals surface area contributed by atoms with Crippen molar-refractivity contribution < 1.29 is 24.2 Å². The Morgan fingerprint density at radius 1 is 1.27 bits per heavy atom. The number of fused-ring (bicyclic) bond motifs is 1. The summed E-state index contributed by atoms with van der Waals surface area (Å²) >= 11 is 0. The molecule has 1 aromatic heterocycles. The highest BCUT2D eigenvalue weighted by molar-refractivity contribution is 5.84. The molecule has 26 heavy (non-hydrogen) atoms. The number of aryl methyl sites for hydroxylation is 1. The maximum Gasteiger partial charge on any atom is 0.341 e. The third-order valence-electron chi connectivity index (χ3n) is 4.62. The normalized spacial score (nSPS) is 13.5. The number of aromatic hydroxyl groups is 1. The summed E-state index contributed by atoms with van der Waals surface area (Å²) in [4.78, 5) is 35.2. The summed E-state index contributed by atoms with van der Waals surface area (Å²) in [5, 5.41) is 19.2. The average Bonchev–Trinajstić information content (AvgIpc) is 2.57. The predicted molar refractivity (Wildman–Crippen MR) is 96.1 cm³/mol. The van der Waals surface area contributed by atoms with Gasteiger partial charge in [0, 0.05) is 29.8 Å². The summed E-state index contributed by atoms with van der Waals surface area (Å²) in [6.07, 6.45) is 0.587. The fraction of sp³-hybridized carbons (Fsp3) is 0.421. The molecule has 140 valence electrons. The molecule has 2 aromatic rings. The van der Waals surface area contributed by atoms with Crippen molar-refractivity contribution in [3.05, 3.63) is 39.7 Å². The molecule has 1 aromatic carbocycles. The van der Waals surface area contributed by atoms with E-state index in [1.807, 2.05) is 0 Å². The SMILES string of the molecule is CCC(=O)C(CCC(N)c1c(C)c2ccc(O)cc2oc1=O)CC(=O)O. The van der Waals surface area contributed by atoms with Crippen molar-refractivity contribution in [1.29, 1.82) is 0 Å². The second kappa shape index (κ2) is 8.14. The van der Waals surface area contributed by atoms with Crippen molar-refractivity contribution in [3.63, 3.8) is 0 Å². The minimum absolute atomic E-state index is 0.00770. The summed E-state index contributed by atoms with van der Waals surface area (Å²) in [6.45, 7) is 3.44. The van der Waals surface area contributed by atoms with E-state index in [1.54, 1.807) is 19.9 Å². The number of rotatable bonds is 8. The minimum Gasteiger partial charge on any atom is -0.508 e. The average molecular weight is 361 g/mol. The van der Waals surface area contributed by atoms with Crippen LogP contribution in [0.5, 0.6) is 5.75 Å². The lowest BCUT2D eigenvalue weighted by Crippen LogP contribution is -2.24. The van der Waals surface area contributed by atoms with E-state index in [0.29, 0.717) is 22.9 Å². The zero-order valence-electron chi connectivity index (χ0n) is 14.8. The Morgan fingerprint density at radius 2 is 1.96 bits per heavy atom. The van der Waals surface area contributed by atoms with Gasteiger partial charge in [0.25, 0.3) is 0 Å². The largest absolute Gasteiger partial charge is 0.508 e. The molecule has 0 spiro atoms. The Labute approximate surface area is 150 Å². The number of hydrogen-bond acceptors (Lipinski definition) is 6. The van der Waals surface area contributed by atoms with Crippen LogP contribution in [0.15, 0.2) is 27.4 Å². The molecule has 0 amide bonds. The Kier molecular flexibility index (Phi) is 6.15. The number of carboxylic acids is 1. The van der Waals surface area contributed by atoms with Gasteiger partial charge in [-0.1, -0.05) is 6.92 Å². The Hall–Kier alpha value is -2.67. The summed E-state index contributed by atoms with van der Waals surface area (Å²) < 4.78 is 5.26. The number of phenolic OH excluding ortho intramolecular Hbond substituents is 1. The number of benzene rings is 1. The third kappa shape index (κ3) is 4.29. The number of aliphatic carboxylic acids is 1. The molecule has 7 heteroatoms. The number of carboxylic acid groups (broad SMARTS) is 1. The standard InChI is InChI=1S/C19H23NO6/c1-3-15(22)11(8-17(23)24)4-7-14(20)18-10(2)13-6-5-12(21)9-16(13)26-19(18)25/h5-6,9,11,14,21H,3-4,7-8,20H2,1-2H3,(H,23,24).